The number of benzene rings is 1. The van der Waals surface area contributed by atoms with Crippen LogP contribution < -0.4 is 4.74 Å². The summed E-state index contributed by atoms with van der Waals surface area (Å²) in [4.78, 5) is 10.4. The van der Waals surface area contributed by atoms with Gasteiger partial charge in [0.1, 0.15) is 16.4 Å². The molecule has 0 aromatic heterocycles. The van der Waals surface area contributed by atoms with Crippen LogP contribution in [0.15, 0.2) is 18.2 Å². The number of rotatable bonds is 4. The van der Waals surface area contributed by atoms with Crippen molar-refractivity contribution in [2.24, 2.45) is 0 Å². The van der Waals surface area contributed by atoms with Gasteiger partial charge in [0.05, 0.1) is 11.6 Å². The van der Waals surface area contributed by atoms with Gasteiger partial charge in [-0.25, -0.2) is 0 Å². The third-order valence-electron chi connectivity index (χ3n) is 2.01. The molecule has 1 rings (SSSR count). The van der Waals surface area contributed by atoms with Crippen LogP contribution in [0.2, 0.25) is 0 Å². The zero-order valence-electron chi connectivity index (χ0n) is 8.78. The van der Waals surface area contributed by atoms with Gasteiger partial charge >= 0.3 is 6.61 Å². The number of ether oxygens (including phenoxy) is 1. The lowest BCUT2D eigenvalue weighted by Crippen LogP contribution is -2.10. The summed E-state index contributed by atoms with van der Waals surface area (Å²) in [6.45, 7) is -1.71. The molecule has 0 radical (unpaired) electrons. The first kappa shape index (κ1) is 13.6. The second kappa shape index (κ2) is 5.73. The number of nitriles is 1. The summed E-state index contributed by atoms with van der Waals surface area (Å²) in [6, 6.07) is 5.98. The first-order valence-corrected chi connectivity index (χ1v) is 5.51. The molecule has 0 heterocycles. The van der Waals surface area contributed by atoms with Crippen LogP contribution >= 0.6 is 15.9 Å². The highest BCUT2D eigenvalue weighted by atomic mass is 79.9. The fourth-order valence-corrected chi connectivity index (χ4v) is 1.78. The van der Waals surface area contributed by atoms with Crippen molar-refractivity contribution >= 4 is 21.7 Å². The van der Waals surface area contributed by atoms with Crippen molar-refractivity contribution in [3.05, 3.63) is 29.3 Å². The first-order valence-electron chi connectivity index (χ1n) is 4.59. The Kier molecular flexibility index (Phi) is 4.58. The Hall–Kier alpha value is -1.48. The molecular weight excluding hydrogens is 296 g/mol. The van der Waals surface area contributed by atoms with E-state index in [9.17, 15) is 13.6 Å². The van der Waals surface area contributed by atoms with E-state index in [-0.39, 0.29) is 22.7 Å². The molecule has 0 aliphatic rings. The average molecular weight is 304 g/mol. The molecular formula is C11H8BrF2NO2. The summed E-state index contributed by atoms with van der Waals surface area (Å²) in [6.07, 6.45) is 0. The van der Waals surface area contributed by atoms with Crippen molar-refractivity contribution in [3.63, 3.8) is 0 Å². The van der Waals surface area contributed by atoms with Gasteiger partial charge in [-0.3, -0.25) is 4.79 Å². The molecule has 0 saturated carbocycles. The number of alkyl halides is 3. The fourth-order valence-electron chi connectivity index (χ4n) is 1.30. The second-order valence-electron chi connectivity index (χ2n) is 3.18. The van der Waals surface area contributed by atoms with Crippen molar-refractivity contribution in [1.29, 1.82) is 5.26 Å². The van der Waals surface area contributed by atoms with E-state index in [2.05, 4.69) is 20.7 Å². The predicted octanol–water partition coefficient (Wildman–Crippen LogP) is 3.18. The van der Waals surface area contributed by atoms with E-state index in [4.69, 9.17) is 5.26 Å². The highest BCUT2D eigenvalue weighted by Gasteiger charge is 2.23. The molecule has 0 fully saturated rings. The molecule has 0 N–H and O–H groups in total. The van der Waals surface area contributed by atoms with Crippen LogP contribution in [0.1, 0.15) is 22.9 Å². The number of ketones is 1. The summed E-state index contributed by atoms with van der Waals surface area (Å²) < 4.78 is 28.7. The molecule has 0 amide bonds. The van der Waals surface area contributed by atoms with Crippen LogP contribution in [0, 0.1) is 11.3 Å². The summed E-state index contributed by atoms with van der Waals surface area (Å²) in [7, 11) is 0. The van der Waals surface area contributed by atoms with Gasteiger partial charge in [-0.15, -0.1) is 0 Å². The molecule has 1 atom stereocenters. The van der Waals surface area contributed by atoms with Crippen molar-refractivity contribution < 1.29 is 18.3 Å². The van der Waals surface area contributed by atoms with Crippen molar-refractivity contribution in [2.45, 2.75) is 18.4 Å². The zero-order chi connectivity index (χ0) is 13.0. The normalized spacial score (nSPS) is 12.0. The molecule has 1 aromatic carbocycles. The molecule has 0 bridgehead atoms. The largest absolute Gasteiger partial charge is 0.434 e. The predicted molar refractivity (Wildman–Crippen MR) is 60.1 cm³/mol. The molecule has 1 aromatic rings. The summed E-state index contributed by atoms with van der Waals surface area (Å²) >= 11 is 3.06. The van der Waals surface area contributed by atoms with Gasteiger partial charge in [-0.05, 0) is 19.1 Å². The van der Waals surface area contributed by atoms with E-state index < -0.39 is 11.4 Å². The van der Waals surface area contributed by atoms with Gasteiger partial charge in [0, 0.05) is 5.56 Å². The van der Waals surface area contributed by atoms with Crippen LogP contribution in [0.4, 0.5) is 8.78 Å². The lowest BCUT2D eigenvalue weighted by molar-refractivity contribution is -0.116. The van der Waals surface area contributed by atoms with Gasteiger partial charge in [0.2, 0.25) is 0 Å². The Morgan fingerprint density at radius 3 is 2.65 bits per heavy atom. The number of carbonyl (C=O) groups excluding carboxylic acids is 1. The molecule has 0 aliphatic heterocycles. The third-order valence-corrected chi connectivity index (χ3v) is 3.12. The van der Waals surface area contributed by atoms with Gasteiger partial charge in [-0.2, -0.15) is 14.0 Å². The van der Waals surface area contributed by atoms with Crippen molar-refractivity contribution in [1.82, 2.24) is 0 Å². The Morgan fingerprint density at radius 1 is 1.53 bits per heavy atom. The van der Waals surface area contributed by atoms with E-state index in [1.54, 1.807) is 0 Å². The van der Waals surface area contributed by atoms with E-state index in [1.807, 2.05) is 6.07 Å². The van der Waals surface area contributed by atoms with Crippen molar-refractivity contribution in [3.8, 4) is 11.8 Å². The van der Waals surface area contributed by atoms with Gasteiger partial charge < -0.3 is 4.74 Å². The Morgan fingerprint density at radius 2 is 2.18 bits per heavy atom. The number of hydrogen-bond acceptors (Lipinski definition) is 3. The molecule has 1 unspecified atom stereocenters. The van der Waals surface area contributed by atoms with E-state index in [0.717, 1.165) is 0 Å². The summed E-state index contributed by atoms with van der Waals surface area (Å²) in [5, 5.41) is 8.88. The number of halogens is 3. The van der Waals surface area contributed by atoms with Crippen LogP contribution in [-0.4, -0.2) is 12.4 Å². The summed E-state index contributed by atoms with van der Waals surface area (Å²) in [5.41, 5.74) is 0.253. The Bertz CT molecular complexity index is 471. The molecule has 3 nitrogen and oxygen atoms in total. The first-order chi connectivity index (χ1) is 7.97. The monoisotopic (exact) mass is 303 g/mol. The summed E-state index contributed by atoms with van der Waals surface area (Å²) in [5.74, 6) is -0.469. The maximum absolute atomic E-state index is 12.2. The highest BCUT2D eigenvalue weighted by Crippen LogP contribution is 2.35. The zero-order valence-corrected chi connectivity index (χ0v) is 10.4. The maximum atomic E-state index is 12.2. The van der Waals surface area contributed by atoms with Gasteiger partial charge in [0.15, 0.2) is 0 Å². The Labute approximate surface area is 105 Å². The lowest BCUT2D eigenvalue weighted by atomic mass is 10.0. The number of Topliss-reactive ketones (excluding diaryl/α,β-unsaturated/α-hetero) is 1. The van der Waals surface area contributed by atoms with Crippen LogP contribution in [0.25, 0.3) is 0 Å². The second-order valence-corrected chi connectivity index (χ2v) is 4.10. The molecule has 17 heavy (non-hydrogen) atoms. The molecule has 6 heteroatoms. The van der Waals surface area contributed by atoms with Gasteiger partial charge in [0.25, 0.3) is 0 Å². The number of hydrogen-bond donors (Lipinski definition) is 0. The minimum atomic E-state index is -3.01. The maximum Gasteiger partial charge on any atom is 0.387 e. The lowest BCUT2D eigenvalue weighted by Gasteiger charge is -2.14. The fraction of sp³-hybridized carbons (Fsp3) is 0.273. The molecule has 0 spiro atoms. The van der Waals surface area contributed by atoms with Gasteiger partial charge in [-0.1, -0.05) is 22.0 Å². The number of carbonyl (C=O) groups is 1. The average Bonchev–Trinajstić information content (AvgIpc) is 2.26. The van der Waals surface area contributed by atoms with Crippen molar-refractivity contribution in [2.75, 3.05) is 0 Å². The number of nitrogens with zero attached hydrogens (tertiary/aromatic N) is 1. The minimum Gasteiger partial charge on any atom is -0.434 e. The van der Waals surface area contributed by atoms with E-state index in [0.29, 0.717) is 0 Å². The van der Waals surface area contributed by atoms with Crippen LogP contribution in [0.5, 0.6) is 5.75 Å². The topological polar surface area (TPSA) is 50.1 Å². The smallest absolute Gasteiger partial charge is 0.387 e. The molecule has 0 saturated heterocycles. The molecule has 90 valence electrons. The quantitative estimate of drug-likeness (QED) is 0.803. The SMILES string of the molecule is CC(=O)C(Br)c1c(C#N)cccc1OC(F)F. The van der Waals surface area contributed by atoms with Crippen LogP contribution in [-0.2, 0) is 4.79 Å². The molecule has 0 aliphatic carbocycles. The standard InChI is InChI=1S/C11H8BrF2NO2/c1-6(16)10(12)9-7(5-15)3-2-4-8(9)17-11(13)14/h2-4,10-11H,1H3. The Balaban J connectivity index is 3.31. The van der Waals surface area contributed by atoms with E-state index >= 15 is 0 Å². The van der Waals surface area contributed by atoms with E-state index in [1.165, 1.54) is 25.1 Å². The third kappa shape index (κ3) is 3.24. The highest BCUT2D eigenvalue weighted by molar-refractivity contribution is 9.09. The minimum absolute atomic E-state index is 0.125. The van der Waals surface area contributed by atoms with Crippen LogP contribution in [0.3, 0.4) is 0 Å².